The summed E-state index contributed by atoms with van der Waals surface area (Å²) in [7, 11) is 0. The van der Waals surface area contributed by atoms with Crippen molar-refractivity contribution >= 4 is 5.91 Å². The fourth-order valence-electron chi connectivity index (χ4n) is 4.87. The number of hydrogen-bond acceptors (Lipinski definition) is 5. The number of nitrogens with zero attached hydrogens (tertiary/aromatic N) is 3. The summed E-state index contributed by atoms with van der Waals surface area (Å²) in [4.78, 5) is 21.6. The maximum Gasteiger partial charge on any atom is 0.253 e. The van der Waals surface area contributed by atoms with Crippen molar-refractivity contribution in [2.24, 2.45) is 0 Å². The van der Waals surface area contributed by atoms with Crippen LogP contribution in [0.4, 0.5) is 0 Å². The average molecular weight is 458 g/mol. The van der Waals surface area contributed by atoms with Crippen LogP contribution in [0.3, 0.4) is 0 Å². The van der Waals surface area contributed by atoms with Crippen LogP contribution < -0.4 is 9.47 Å². The number of hydrogen-bond donors (Lipinski definition) is 0. The van der Waals surface area contributed by atoms with Gasteiger partial charge in [-0.2, -0.15) is 0 Å². The predicted molar refractivity (Wildman–Crippen MR) is 131 cm³/mol. The molecule has 1 amide bonds. The third kappa shape index (κ3) is 5.57. The number of rotatable bonds is 6. The molecule has 176 valence electrons. The van der Waals surface area contributed by atoms with E-state index in [1.54, 1.807) is 12.4 Å². The summed E-state index contributed by atoms with van der Waals surface area (Å²) in [6.45, 7) is 3.72. The molecule has 2 fully saturated rings. The first kappa shape index (κ1) is 22.4. The summed E-state index contributed by atoms with van der Waals surface area (Å²) in [5.74, 6) is 2.53. The molecule has 0 saturated carbocycles. The Bertz CT molecular complexity index is 1040. The van der Waals surface area contributed by atoms with E-state index in [0.717, 1.165) is 69.1 Å². The zero-order chi connectivity index (χ0) is 23.2. The summed E-state index contributed by atoms with van der Waals surface area (Å²) in [5.41, 5.74) is 0.716. The summed E-state index contributed by atoms with van der Waals surface area (Å²) >= 11 is 0. The van der Waals surface area contributed by atoms with Crippen LogP contribution in [0.5, 0.6) is 17.2 Å². The summed E-state index contributed by atoms with van der Waals surface area (Å²) in [6, 6.07) is 21.5. The van der Waals surface area contributed by atoms with Gasteiger partial charge in [-0.25, -0.2) is 0 Å². The Kier molecular flexibility index (Phi) is 7.05. The summed E-state index contributed by atoms with van der Waals surface area (Å²) in [6.07, 6.45) is 7.94. The fourth-order valence-corrected chi connectivity index (χ4v) is 4.87. The lowest BCUT2D eigenvalue weighted by Gasteiger charge is -2.41. The van der Waals surface area contributed by atoms with Crippen LogP contribution in [-0.2, 0) is 0 Å². The molecule has 2 aromatic carbocycles. The van der Waals surface area contributed by atoms with Crippen LogP contribution in [0.15, 0.2) is 79.1 Å². The third-order valence-electron chi connectivity index (χ3n) is 6.78. The number of ether oxygens (including phenoxy) is 2. The van der Waals surface area contributed by atoms with Crippen LogP contribution in [0.2, 0.25) is 0 Å². The molecular formula is C28H31N3O3. The van der Waals surface area contributed by atoms with Gasteiger partial charge in [-0.3, -0.25) is 14.7 Å². The fraction of sp³-hybridized carbons (Fsp3) is 0.357. The van der Waals surface area contributed by atoms with Crippen molar-refractivity contribution in [2.75, 3.05) is 26.2 Å². The smallest absolute Gasteiger partial charge is 0.253 e. The quantitative estimate of drug-likeness (QED) is 0.520. The first-order valence-electron chi connectivity index (χ1n) is 12.2. The van der Waals surface area contributed by atoms with Gasteiger partial charge in [0.2, 0.25) is 0 Å². The van der Waals surface area contributed by atoms with E-state index in [4.69, 9.17) is 9.47 Å². The van der Waals surface area contributed by atoms with Gasteiger partial charge in [-0.05, 0) is 74.2 Å². The molecule has 5 rings (SSSR count). The lowest BCUT2D eigenvalue weighted by atomic mass is 9.98. The van der Waals surface area contributed by atoms with Crippen molar-refractivity contribution in [1.82, 2.24) is 14.8 Å². The van der Waals surface area contributed by atoms with E-state index >= 15 is 0 Å². The van der Waals surface area contributed by atoms with Crippen molar-refractivity contribution in [2.45, 2.75) is 37.8 Å². The number of pyridine rings is 1. The molecule has 0 unspecified atom stereocenters. The van der Waals surface area contributed by atoms with Crippen LogP contribution in [0.25, 0.3) is 0 Å². The monoisotopic (exact) mass is 457 g/mol. The molecule has 34 heavy (non-hydrogen) atoms. The highest BCUT2D eigenvalue weighted by atomic mass is 16.5. The largest absolute Gasteiger partial charge is 0.490 e. The molecule has 0 aliphatic carbocycles. The number of carbonyl (C=O) groups is 1. The van der Waals surface area contributed by atoms with E-state index in [1.165, 1.54) is 0 Å². The maximum absolute atomic E-state index is 13.0. The number of para-hydroxylation sites is 1. The molecule has 0 atom stereocenters. The van der Waals surface area contributed by atoms with Gasteiger partial charge in [-0.15, -0.1) is 0 Å². The molecule has 2 saturated heterocycles. The van der Waals surface area contributed by atoms with Crippen molar-refractivity contribution in [3.05, 3.63) is 84.7 Å². The Balaban J connectivity index is 1.08. The zero-order valence-electron chi connectivity index (χ0n) is 19.4. The highest BCUT2D eigenvalue weighted by molar-refractivity contribution is 5.94. The van der Waals surface area contributed by atoms with E-state index in [2.05, 4.69) is 9.88 Å². The predicted octanol–water partition coefficient (Wildman–Crippen LogP) is 5.02. The summed E-state index contributed by atoms with van der Waals surface area (Å²) < 4.78 is 11.9. The second kappa shape index (κ2) is 10.7. The van der Waals surface area contributed by atoms with Gasteiger partial charge < -0.3 is 14.4 Å². The Hall–Kier alpha value is -3.38. The van der Waals surface area contributed by atoms with Gasteiger partial charge >= 0.3 is 0 Å². The minimum absolute atomic E-state index is 0.106. The number of carbonyl (C=O) groups excluding carboxylic acids is 1. The number of aromatic nitrogens is 1. The number of amides is 1. The van der Waals surface area contributed by atoms with Crippen LogP contribution >= 0.6 is 0 Å². The molecule has 2 aliphatic heterocycles. The zero-order valence-corrected chi connectivity index (χ0v) is 19.4. The molecule has 3 heterocycles. The molecule has 0 bridgehead atoms. The third-order valence-corrected chi connectivity index (χ3v) is 6.78. The van der Waals surface area contributed by atoms with Gasteiger partial charge in [0.15, 0.2) is 0 Å². The van der Waals surface area contributed by atoms with Gasteiger partial charge in [0.25, 0.3) is 5.91 Å². The van der Waals surface area contributed by atoms with E-state index in [9.17, 15) is 4.79 Å². The molecule has 6 heteroatoms. The molecule has 2 aliphatic rings. The topological polar surface area (TPSA) is 54.9 Å². The number of piperidine rings is 2. The highest BCUT2D eigenvalue weighted by Crippen LogP contribution is 2.25. The molecule has 6 nitrogen and oxygen atoms in total. The van der Waals surface area contributed by atoms with E-state index < -0.39 is 0 Å². The SMILES string of the molecule is O=C(c1ccc(Oc2ccccc2)cc1)N1CCC(N2CCC(Oc3ccncc3)CC2)CC1. The van der Waals surface area contributed by atoms with Crippen LogP contribution in [0.1, 0.15) is 36.0 Å². The van der Waals surface area contributed by atoms with Gasteiger partial charge in [-0.1, -0.05) is 18.2 Å². The van der Waals surface area contributed by atoms with E-state index in [-0.39, 0.29) is 12.0 Å². The summed E-state index contributed by atoms with van der Waals surface area (Å²) in [5, 5.41) is 0. The molecule has 0 radical (unpaired) electrons. The van der Waals surface area contributed by atoms with Gasteiger partial charge in [0, 0.05) is 50.2 Å². The van der Waals surface area contributed by atoms with Crippen molar-refractivity contribution < 1.29 is 14.3 Å². The Morgan fingerprint density at radius 3 is 2.06 bits per heavy atom. The Morgan fingerprint density at radius 2 is 1.38 bits per heavy atom. The number of likely N-dealkylation sites (tertiary alicyclic amines) is 2. The maximum atomic E-state index is 13.0. The minimum Gasteiger partial charge on any atom is -0.490 e. The second-order valence-electron chi connectivity index (χ2n) is 9.00. The van der Waals surface area contributed by atoms with Crippen molar-refractivity contribution in [3.8, 4) is 17.2 Å². The number of benzene rings is 2. The molecular weight excluding hydrogens is 426 g/mol. The first-order chi connectivity index (χ1) is 16.7. The molecule has 0 spiro atoms. The Morgan fingerprint density at radius 1 is 0.735 bits per heavy atom. The van der Waals surface area contributed by atoms with Gasteiger partial charge in [0.1, 0.15) is 23.4 Å². The normalized spacial score (nSPS) is 17.9. The molecule has 0 N–H and O–H groups in total. The highest BCUT2D eigenvalue weighted by Gasteiger charge is 2.30. The first-order valence-corrected chi connectivity index (χ1v) is 12.2. The minimum atomic E-state index is 0.106. The standard InChI is InChI=1S/C28H31N3O3/c32-28(22-6-8-25(9-7-22)33-24-4-2-1-3-5-24)31-18-12-23(13-19-31)30-20-14-27(15-21-30)34-26-10-16-29-17-11-26/h1-11,16-17,23,27H,12-15,18-21H2. The van der Waals surface area contributed by atoms with E-state index in [1.807, 2.05) is 71.6 Å². The second-order valence-corrected chi connectivity index (χ2v) is 9.00. The van der Waals surface area contributed by atoms with Crippen molar-refractivity contribution in [1.29, 1.82) is 0 Å². The van der Waals surface area contributed by atoms with Crippen molar-refractivity contribution in [3.63, 3.8) is 0 Å². The van der Waals surface area contributed by atoms with E-state index in [0.29, 0.717) is 11.6 Å². The molecule has 3 aromatic rings. The van der Waals surface area contributed by atoms with Crippen LogP contribution in [0, 0.1) is 0 Å². The molecule has 1 aromatic heterocycles. The van der Waals surface area contributed by atoms with Gasteiger partial charge in [0.05, 0.1) is 0 Å². The average Bonchev–Trinajstić information content (AvgIpc) is 2.91. The van der Waals surface area contributed by atoms with Crippen LogP contribution in [-0.4, -0.2) is 59.0 Å². The Labute approximate surface area is 201 Å². The lowest BCUT2D eigenvalue weighted by Crippen LogP contribution is -2.50. The lowest BCUT2D eigenvalue weighted by molar-refractivity contribution is 0.0425.